The Kier molecular flexibility index (Phi) is 8.49. The topological polar surface area (TPSA) is 83.5 Å². The van der Waals surface area contributed by atoms with Gasteiger partial charge in [0.1, 0.15) is 6.61 Å². The maximum Gasteiger partial charge on any atom is 1.00 e. The first-order valence-corrected chi connectivity index (χ1v) is 4.62. The van der Waals surface area contributed by atoms with E-state index in [1.807, 2.05) is 0 Å². The van der Waals surface area contributed by atoms with Gasteiger partial charge in [0.05, 0.1) is 15.9 Å². The van der Waals surface area contributed by atoms with E-state index in [1.165, 1.54) is 0 Å². The second-order valence-corrected chi connectivity index (χ2v) is 3.36. The molecule has 5 nitrogen and oxygen atoms in total. The van der Waals surface area contributed by atoms with Gasteiger partial charge in [0, 0.05) is 6.42 Å². The minimum atomic E-state index is -4.26. The fourth-order valence-electron chi connectivity index (χ4n) is 0.360. The summed E-state index contributed by atoms with van der Waals surface area (Å²) in [5.41, 5.74) is 0. The van der Waals surface area contributed by atoms with Crippen molar-refractivity contribution in [1.29, 1.82) is 0 Å². The summed E-state index contributed by atoms with van der Waals surface area (Å²) in [6.45, 7) is 1.23. The molecule has 0 aliphatic carbocycles. The van der Waals surface area contributed by atoms with Crippen molar-refractivity contribution in [1.82, 2.24) is 0 Å². The largest absolute Gasteiger partial charge is 1.00 e. The van der Waals surface area contributed by atoms with Crippen molar-refractivity contribution >= 4 is 16.1 Å². The van der Waals surface area contributed by atoms with Crippen LogP contribution in [-0.2, 0) is 19.6 Å². The van der Waals surface area contributed by atoms with E-state index in [2.05, 4.69) is 4.74 Å². The predicted molar refractivity (Wildman–Crippen MR) is 35.8 cm³/mol. The molecule has 0 rings (SSSR count). The summed E-state index contributed by atoms with van der Waals surface area (Å²) in [6, 6.07) is 0. The summed E-state index contributed by atoms with van der Waals surface area (Å²) >= 11 is 0. The molecule has 66 valence electrons. The molecule has 0 saturated carbocycles. The van der Waals surface area contributed by atoms with Gasteiger partial charge in [-0.3, -0.25) is 4.79 Å². The van der Waals surface area contributed by atoms with Crippen molar-refractivity contribution in [3.63, 3.8) is 0 Å². The molecule has 0 radical (unpaired) electrons. The summed E-state index contributed by atoms with van der Waals surface area (Å²) in [5.74, 6) is -1.16. The molecule has 0 aromatic carbocycles. The van der Waals surface area contributed by atoms with Crippen molar-refractivity contribution in [3.05, 3.63) is 0 Å². The van der Waals surface area contributed by atoms with Crippen molar-refractivity contribution in [2.75, 3.05) is 12.4 Å². The Hall–Kier alpha value is 0.380. The Morgan fingerprint density at radius 3 is 2.33 bits per heavy atom. The fraction of sp³-hybridized carbons (Fsp3) is 0.800. The molecule has 0 N–H and O–H groups in total. The van der Waals surface area contributed by atoms with Crippen LogP contribution in [0.15, 0.2) is 0 Å². The molecule has 0 aromatic heterocycles. The molecule has 0 aliphatic heterocycles. The zero-order valence-corrected chi connectivity index (χ0v) is 9.89. The molecule has 0 saturated heterocycles. The van der Waals surface area contributed by atoms with Gasteiger partial charge < -0.3 is 9.29 Å². The minimum Gasteiger partial charge on any atom is -0.748 e. The molecule has 12 heavy (non-hydrogen) atoms. The van der Waals surface area contributed by atoms with Gasteiger partial charge in [-0.15, -0.1) is 0 Å². The van der Waals surface area contributed by atoms with Gasteiger partial charge in [-0.25, -0.2) is 8.42 Å². The average molecular weight is 204 g/mol. The quantitative estimate of drug-likeness (QED) is 0.269. The van der Waals surface area contributed by atoms with Gasteiger partial charge in [-0.05, 0) is 0 Å². The van der Waals surface area contributed by atoms with Crippen LogP contribution in [0.25, 0.3) is 0 Å². The molecule has 0 aliphatic rings. The number of ether oxygens (including phenoxy) is 1. The number of esters is 1. The summed E-state index contributed by atoms with van der Waals surface area (Å²) in [6.07, 6.45) is 0.179. The Balaban J connectivity index is 0. The van der Waals surface area contributed by atoms with Gasteiger partial charge in [0.25, 0.3) is 0 Å². The molecular formula is C5H9NaO5S. The SMILES string of the molecule is CCC(=O)OCCS(=O)(=O)[O-].[Na+]. The van der Waals surface area contributed by atoms with E-state index in [-0.39, 0.29) is 42.6 Å². The van der Waals surface area contributed by atoms with Gasteiger partial charge in [-0.1, -0.05) is 6.92 Å². The second-order valence-electron chi connectivity index (χ2n) is 1.84. The Labute approximate surface area is 93.5 Å². The van der Waals surface area contributed by atoms with Gasteiger partial charge >= 0.3 is 35.5 Å². The van der Waals surface area contributed by atoms with E-state index in [1.54, 1.807) is 6.92 Å². The maximum absolute atomic E-state index is 10.4. The third-order valence-electron chi connectivity index (χ3n) is 0.885. The molecule has 0 heterocycles. The molecule has 0 bridgehead atoms. The Bertz CT molecular complexity index is 222. The van der Waals surface area contributed by atoms with Crippen molar-refractivity contribution in [2.45, 2.75) is 13.3 Å². The van der Waals surface area contributed by atoms with Crippen LogP contribution in [0.4, 0.5) is 0 Å². The first-order valence-electron chi connectivity index (χ1n) is 3.05. The van der Waals surface area contributed by atoms with Crippen LogP contribution in [0.5, 0.6) is 0 Å². The number of carbonyl (C=O) groups excluding carboxylic acids is 1. The summed E-state index contributed by atoms with van der Waals surface area (Å²) in [4.78, 5) is 10.4. The fourth-order valence-corrected chi connectivity index (χ4v) is 0.647. The van der Waals surface area contributed by atoms with Gasteiger partial charge in [0.2, 0.25) is 0 Å². The Morgan fingerprint density at radius 2 is 2.00 bits per heavy atom. The van der Waals surface area contributed by atoms with Crippen LogP contribution in [0.2, 0.25) is 0 Å². The number of carbonyl (C=O) groups is 1. The standard InChI is InChI=1S/C5H10O5S.Na/c1-2-5(6)10-3-4-11(7,8)9;/h2-4H2,1H3,(H,7,8,9);/q;+1/p-1. The first kappa shape index (κ1) is 14.9. The van der Waals surface area contributed by atoms with E-state index in [0.29, 0.717) is 0 Å². The summed E-state index contributed by atoms with van der Waals surface area (Å²) in [7, 11) is -4.26. The zero-order chi connectivity index (χ0) is 8.91. The number of hydrogen-bond donors (Lipinski definition) is 0. The molecule has 0 spiro atoms. The van der Waals surface area contributed by atoms with Crippen LogP contribution in [0.3, 0.4) is 0 Å². The van der Waals surface area contributed by atoms with Gasteiger partial charge in [0.15, 0.2) is 0 Å². The van der Waals surface area contributed by atoms with Crippen LogP contribution in [0, 0.1) is 0 Å². The van der Waals surface area contributed by atoms with E-state index in [9.17, 15) is 17.8 Å². The monoisotopic (exact) mass is 204 g/mol. The zero-order valence-electron chi connectivity index (χ0n) is 7.07. The van der Waals surface area contributed by atoms with Crippen molar-refractivity contribution < 1.29 is 52.1 Å². The molecule has 0 atom stereocenters. The normalized spacial score (nSPS) is 10.2. The van der Waals surface area contributed by atoms with Crippen LogP contribution in [-0.4, -0.2) is 31.3 Å². The summed E-state index contributed by atoms with van der Waals surface area (Å²) in [5, 5.41) is 0. The Morgan fingerprint density at radius 1 is 1.50 bits per heavy atom. The third-order valence-corrected chi connectivity index (χ3v) is 1.55. The second kappa shape index (κ2) is 6.85. The van der Waals surface area contributed by atoms with Crippen LogP contribution < -0.4 is 29.6 Å². The molecule has 0 aromatic rings. The first-order chi connectivity index (χ1) is 4.95. The van der Waals surface area contributed by atoms with E-state index in [4.69, 9.17) is 0 Å². The average Bonchev–Trinajstić information content (AvgIpc) is 1.85. The number of hydrogen-bond acceptors (Lipinski definition) is 5. The van der Waals surface area contributed by atoms with Crippen molar-refractivity contribution in [2.24, 2.45) is 0 Å². The van der Waals surface area contributed by atoms with Crippen LogP contribution >= 0.6 is 0 Å². The predicted octanol–water partition coefficient (Wildman–Crippen LogP) is -3.51. The van der Waals surface area contributed by atoms with Crippen LogP contribution in [0.1, 0.15) is 13.3 Å². The number of rotatable bonds is 4. The maximum atomic E-state index is 10.4. The molecule has 0 amide bonds. The molecule has 0 unspecified atom stereocenters. The summed E-state index contributed by atoms with van der Waals surface area (Å²) < 4.78 is 34.2. The molecule has 0 fully saturated rings. The van der Waals surface area contributed by atoms with E-state index >= 15 is 0 Å². The van der Waals surface area contributed by atoms with E-state index < -0.39 is 21.8 Å². The van der Waals surface area contributed by atoms with Gasteiger partial charge in [-0.2, -0.15) is 0 Å². The molecular weight excluding hydrogens is 195 g/mol. The van der Waals surface area contributed by atoms with E-state index in [0.717, 1.165) is 0 Å². The van der Waals surface area contributed by atoms with Crippen molar-refractivity contribution in [3.8, 4) is 0 Å². The molecule has 7 heteroatoms. The third kappa shape index (κ3) is 10.4. The minimum absolute atomic E-state index is 0. The smallest absolute Gasteiger partial charge is 0.748 e.